The molecule has 1 aromatic rings. The summed E-state index contributed by atoms with van der Waals surface area (Å²) >= 11 is 0. The number of hydrogen-bond donors (Lipinski definition) is 2. The third-order valence-corrected chi connectivity index (χ3v) is 7.56. The normalized spacial score (nSPS) is 23.4. The highest BCUT2D eigenvalue weighted by molar-refractivity contribution is 14.0. The first-order chi connectivity index (χ1) is 15.2. The van der Waals surface area contributed by atoms with Crippen LogP contribution in [0.25, 0.3) is 0 Å². The van der Waals surface area contributed by atoms with Crippen molar-refractivity contribution in [3.05, 3.63) is 24.4 Å². The zero-order chi connectivity index (χ0) is 21.5. The summed E-state index contributed by atoms with van der Waals surface area (Å²) in [7, 11) is 4.16. The first-order valence-electron chi connectivity index (χ1n) is 12.3. The number of aliphatic imine (C=N–C) groups is 1. The molecular formula is C24H42IN7. The number of piperidine rings is 3. The molecule has 4 heterocycles. The van der Waals surface area contributed by atoms with Gasteiger partial charge >= 0.3 is 0 Å². The Morgan fingerprint density at radius 1 is 1.06 bits per heavy atom. The second kappa shape index (κ2) is 12.4. The average Bonchev–Trinajstić information content (AvgIpc) is 2.84. The van der Waals surface area contributed by atoms with Crippen LogP contribution < -0.4 is 15.5 Å². The maximum absolute atomic E-state index is 4.57. The molecule has 0 saturated carbocycles. The van der Waals surface area contributed by atoms with Crippen molar-refractivity contribution in [1.29, 1.82) is 0 Å². The van der Waals surface area contributed by atoms with E-state index < -0.39 is 0 Å². The van der Waals surface area contributed by atoms with E-state index in [0.717, 1.165) is 44.3 Å². The lowest BCUT2D eigenvalue weighted by Gasteiger charge is -2.50. The van der Waals surface area contributed by atoms with Crippen molar-refractivity contribution in [1.82, 2.24) is 25.4 Å². The Morgan fingerprint density at radius 2 is 1.78 bits per heavy atom. The van der Waals surface area contributed by atoms with Crippen LogP contribution in [0.3, 0.4) is 0 Å². The topological polar surface area (TPSA) is 59.0 Å². The summed E-state index contributed by atoms with van der Waals surface area (Å²) in [6, 6.07) is 6.62. The summed E-state index contributed by atoms with van der Waals surface area (Å²) in [4.78, 5) is 16.7. The van der Waals surface area contributed by atoms with Gasteiger partial charge in [0.2, 0.25) is 0 Å². The van der Waals surface area contributed by atoms with E-state index >= 15 is 0 Å². The summed E-state index contributed by atoms with van der Waals surface area (Å²) in [5, 5.41) is 7.44. The highest BCUT2D eigenvalue weighted by Crippen LogP contribution is 2.31. The minimum atomic E-state index is 0. The monoisotopic (exact) mass is 555 g/mol. The fourth-order valence-electron chi connectivity index (χ4n) is 5.44. The molecule has 7 nitrogen and oxygen atoms in total. The average molecular weight is 556 g/mol. The van der Waals surface area contributed by atoms with E-state index in [1.807, 2.05) is 19.3 Å². The minimum Gasteiger partial charge on any atom is -0.356 e. The van der Waals surface area contributed by atoms with Gasteiger partial charge in [-0.25, -0.2) is 4.98 Å². The predicted molar refractivity (Wildman–Crippen MR) is 144 cm³/mol. The molecule has 2 N–H and O–H groups in total. The van der Waals surface area contributed by atoms with E-state index in [1.54, 1.807) is 0 Å². The number of likely N-dealkylation sites (tertiary alicyclic amines) is 2. The minimum absolute atomic E-state index is 0. The Bertz CT molecular complexity index is 692. The predicted octanol–water partition coefficient (Wildman–Crippen LogP) is 2.78. The van der Waals surface area contributed by atoms with Crippen molar-refractivity contribution in [3.8, 4) is 0 Å². The fourth-order valence-corrected chi connectivity index (χ4v) is 5.44. The number of guanidine groups is 1. The van der Waals surface area contributed by atoms with Gasteiger partial charge in [-0.05, 0) is 83.9 Å². The quantitative estimate of drug-likeness (QED) is 0.331. The molecule has 3 aliphatic heterocycles. The molecule has 0 unspecified atom stereocenters. The molecule has 3 saturated heterocycles. The highest BCUT2D eigenvalue weighted by Gasteiger charge is 2.39. The number of halogens is 1. The molecule has 0 aliphatic carbocycles. The largest absolute Gasteiger partial charge is 0.356 e. The molecule has 1 aromatic heterocycles. The van der Waals surface area contributed by atoms with Crippen LogP contribution >= 0.6 is 24.0 Å². The number of nitrogens with zero attached hydrogens (tertiary/aromatic N) is 5. The molecule has 0 spiro atoms. The number of nitrogens with one attached hydrogen (secondary N) is 2. The van der Waals surface area contributed by atoms with E-state index in [4.69, 9.17) is 0 Å². The molecule has 3 fully saturated rings. The first kappa shape index (κ1) is 25.5. The van der Waals surface area contributed by atoms with Crippen LogP contribution in [-0.4, -0.2) is 92.2 Å². The van der Waals surface area contributed by atoms with Crippen molar-refractivity contribution in [2.45, 2.75) is 56.5 Å². The summed E-state index contributed by atoms with van der Waals surface area (Å²) < 4.78 is 0. The Hall–Kier alpha value is -1.13. The van der Waals surface area contributed by atoms with Crippen LogP contribution in [-0.2, 0) is 0 Å². The standard InChI is InChI=1S/C24H41N7.HI/c1-25-23(28-21-9-16-30(17-10-21)22-8-4-5-13-26-22)27-20-24(11-18-29(2)19-12-24)31-14-6-3-7-15-31;/h4-5,8,13,21H,3,6-7,9-12,14-20H2,1-2H3,(H2,25,27,28);1H. The molecule has 8 heteroatoms. The second-order valence-corrected chi connectivity index (χ2v) is 9.59. The molecule has 0 aromatic carbocycles. The van der Waals surface area contributed by atoms with Crippen molar-refractivity contribution in [3.63, 3.8) is 0 Å². The van der Waals surface area contributed by atoms with Crippen LogP contribution in [0.4, 0.5) is 5.82 Å². The van der Waals surface area contributed by atoms with Crippen LogP contribution in [0.1, 0.15) is 44.9 Å². The lowest BCUT2D eigenvalue weighted by Crippen LogP contribution is -2.62. The van der Waals surface area contributed by atoms with E-state index in [1.165, 1.54) is 58.3 Å². The van der Waals surface area contributed by atoms with Gasteiger partial charge in [0, 0.05) is 44.5 Å². The maximum Gasteiger partial charge on any atom is 0.191 e. The molecule has 0 radical (unpaired) electrons. The highest BCUT2D eigenvalue weighted by atomic mass is 127. The Kier molecular flexibility index (Phi) is 9.85. The van der Waals surface area contributed by atoms with E-state index in [2.05, 4.69) is 54.5 Å². The van der Waals surface area contributed by atoms with Gasteiger partial charge in [-0.3, -0.25) is 9.89 Å². The van der Waals surface area contributed by atoms with Crippen LogP contribution in [0.2, 0.25) is 0 Å². The van der Waals surface area contributed by atoms with Gasteiger partial charge < -0.3 is 20.4 Å². The zero-order valence-electron chi connectivity index (χ0n) is 19.9. The van der Waals surface area contributed by atoms with Crippen LogP contribution in [0.15, 0.2) is 29.4 Å². The van der Waals surface area contributed by atoms with E-state index in [0.29, 0.717) is 6.04 Å². The number of hydrogen-bond acceptors (Lipinski definition) is 5. The molecule has 0 atom stereocenters. The third kappa shape index (κ3) is 6.47. The lowest BCUT2D eigenvalue weighted by atomic mass is 9.84. The third-order valence-electron chi connectivity index (χ3n) is 7.56. The van der Waals surface area contributed by atoms with Crippen molar-refractivity contribution >= 4 is 35.8 Å². The van der Waals surface area contributed by atoms with Gasteiger partial charge in [0.05, 0.1) is 0 Å². The summed E-state index contributed by atoms with van der Waals surface area (Å²) in [6.45, 7) is 7.96. The zero-order valence-corrected chi connectivity index (χ0v) is 22.3. The smallest absolute Gasteiger partial charge is 0.191 e. The summed E-state index contributed by atoms with van der Waals surface area (Å²) in [5.41, 5.74) is 0.271. The number of pyridine rings is 1. The second-order valence-electron chi connectivity index (χ2n) is 9.59. The van der Waals surface area contributed by atoms with Gasteiger partial charge in [-0.1, -0.05) is 12.5 Å². The van der Waals surface area contributed by atoms with Gasteiger partial charge in [0.1, 0.15) is 5.82 Å². The Balaban J connectivity index is 0.00000289. The van der Waals surface area contributed by atoms with E-state index in [-0.39, 0.29) is 29.5 Å². The fraction of sp³-hybridized carbons (Fsp3) is 0.750. The van der Waals surface area contributed by atoms with Crippen molar-refractivity contribution in [2.24, 2.45) is 4.99 Å². The molecule has 0 bridgehead atoms. The number of rotatable bonds is 5. The van der Waals surface area contributed by atoms with Gasteiger partial charge in [0.15, 0.2) is 5.96 Å². The Labute approximate surface area is 211 Å². The molecule has 3 aliphatic rings. The molecule has 0 amide bonds. The van der Waals surface area contributed by atoms with Gasteiger partial charge in [-0.15, -0.1) is 24.0 Å². The molecule has 180 valence electrons. The van der Waals surface area contributed by atoms with Crippen molar-refractivity contribution < 1.29 is 0 Å². The molecular weight excluding hydrogens is 513 g/mol. The van der Waals surface area contributed by atoms with Crippen molar-refractivity contribution in [2.75, 3.05) is 64.8 Å². The first-order valence-corrected chi connectivity index (χ1v) is 12.3. The van der Waals surface area contributed by atoms with E-state index in [9.17, 15) is 0 Å². The lowest BCUT2D eigenvalue weighted by molar-refractivity contribution is 0.0173. The maximum atomic E-state index is 4.57. The summed E-state index contributed by atoms with van der Waals surface area (Å²) in [6.07, 6.45) is 10.7. The number of anilines is 1. The number of aromatic nitrogens is 1. The van der Waals surface area contributed by atoms with Gasteiger partial charge in [-0.2, -0.15) is 0 Å². The Morgan fingerprint density at radius 3 is 2.41 bits per heavy atom. The molecule has 4 rings (SSSR count). The molecule has 32 heavy (non-hydrogen) atoms. The SMILES string of the molecule is CN=C(NCC1(N2CCCCC2)CCN(C)CC1)NC1CCN(c2ccccn2)CC1.I. The van der Waals surface area contributed by atoms with Crippen LogP contribution in [0.5, 0.6) is 0 Å². The van der Waals surface area contributed by atoms with Gasteiger partial charge in [0.25, 0.3) is 0 Å². The summed E-state index contributed by atoms with van der Waals surface area (Å²) in [5.74, 6) is 2.06. The van der Waals surface area contributed by atoms with Crippen LogP contribution in [0, 0.1) is 0 Å².